The fourth-order valence-electron chi connectivity index (χ4n) is 4.17. The number of urea groups is 1. The van der Waals surface area contributed by atoms with Crippen molar-refractivity contribution in [2.75, 3.05) is 28.2 Å². The van der Waals surface area contributed by atoms with E-state index in [0.29, 0.717) is 22.9 Å². The topological polar surface area (TPSA) is 98.0 Å². The number of piperidine rings is 1. The van der Waals surface area contributed by atoms with Gasteiger partial charge in [-0.2, -0.15) is 5.26 Å². The molecule has 1 fully saturated rings. The number of pyridine rings is 1. The Morgan fingerprint density at radius 1 is 1.20 bits per heavy atom. The lowest BCUT2D eigenvalue weighted by atomic mass is 9.99. The van der Waals surface area contributed by atoms with Gasteiger partial charge in [-0.25, -0.2) is 19.7 Å². The fraction of sp³-hybridized carbons (Fsp3) is 0.227. The van der Waals surface area contributed by atoms with Gasteiger partial charge in [0.1, 0.15) is 12.1 Å². The number of carbonyl (C=O) groups is 1. The van der Waals surface area contributed by atoms with Gasteiger partial charge in [0.05, 0.1) is 29.1 Å². The summed E-state index contributed by atoms with van der Waals surface area (Å²) in [6.07, 6.45) is 4.91. The van der Waals surface area contributed by atoms with Crippen molar-refractivity contribution >= 4 is 23.4 Å². The average Bonchev–Trinajstić information content (AvgIpc) is 2.79. The Kier molecular flexibility index (Phi) is 4.48. The van der Waals surface area contributed by atoms with E-state index in [1.807, 2.05) is 30.3 Å². The van der Waals surface area contributed by atoms with Crippen molar-refractivity contribution in [3.63, 3.8) is 0 Å². The minimum absolute atomic E-state index is 0.0297. The third kappa shape index (κ3) is 3.10. The molecule has 2 bridgehead atoms. The summed E-state index contributed by atoms with van der Waals surface area (Å²) in [7, 11) is 0. The van der Waals surface area contributed by atoms with Gasteiger partial charge in [-0.15, -0.1) is 0 Å². The molecule has 4 heterocycles. The van der Waals surface area contributed by atoms with Crippen LogP contribution in [0.25, 0.3) is 11.3 Å². The standard InChI is InChI=1S/C22H19N7O/c23-12-15-4-1-2-6-17(15)18-7-8-19-21(26-18)29(16-5-3-11-28(19)13-16)22(30)27-20-9-10-24-14-25-20/h1-2,4,6-10,14,16H,3,5,11,13H2,(H,24,25,27,30)/t16-/m0/s1. The Morgan fingerprint density at radius 3 is 2.93 bits per heavy atom. The number of nitriles is 1. The first-order valence-corrected chi connectivity index (χ1v) is 9.86. The molecule has 3 aromatic rings. The highest BCUT2D eigenvalue weighted by atomic mass is 16.2. The molecule has 1 N–H and O–H groups in total. The first-order chi connectivity index (χ1) is 14.7. The molecule has 30 heavy (non-hydrogen) atoms. The van der Waals surface area contributed by atoms with E-state index in [1.54, 1.807) is 23.2 Å². The molecule has 8 nitrogen and oxygen atoms in total. The van der Waals surface area contributed by atoms with Crippen LogP contribution in [0.1, 0.15) is 18.4 Å². The Balaban J connectivity index is 1.58. The molecular weight excluding hydrogens is 378 g/mol. The number of fused-ring (bicyclic) bond motifs is 4. The minimum Gasteiger partial charge on any atom is -0.366 e. The molecule has 5 rings (SSSR count). The maximum absolute atomic E-state index is 13.2. The molecule has 2 aliphatic rings. The number of benzene rings is 1. The molecule has 0 spiro atoms. The zero-order chi connectivity index (χ0) is 20.5. The van der Waals surface area contributed by atoms with Gasteiger partial charge in [0, 0.05) is 24.8 Å². The van der Waals surface area contributed by atoms with Crippen LogP contribution >= 0.6 is 0 Å². The van der Waals surface area contributed by atoms with Crippen LogP contribution in [0.4, 0.5) is 22.1 Å². The molecule has 2 aromatic heterocycles. The lowest BCUT2D eigenvalue weighted by Crippen LogP contribution is -2.56. The average molecular weight is 397 g/mol. The van der Waals surface area contributed by atoms with Gasteiger partial charge < -0.3 is 4.90 Å². The second-order valence-corrected chi connectivity index (χ2v) is 7.33. The van der Waals surface area contributed by atoms with Crippen LogP contribution in [0, 0.1) is 11.3 Å². The van der Waals surface area contributed by atoms with Crippen LogP contribution in [0.15, 0.2) is 55.0 Å². The Labute approximate surface area is 173 Å². The van der Waals surface area contributed by atoms with Gasteiger partial charge in [0.25, 0.3) is 0 Å². The summed E-state index contributed by atoms with van der Waals surface area (Å²) in [5.74, 6) is 1.06. The van der Waals surface area contributed by atoms with E-state index in [0.717, 1.165) is 37.2 Å². The Morgan fingerprint density at radius 2 is 2.10 bits per heavy atom. The van der Waals surface area contributed by atoms with Crippen molar-refractivity contribution < 1.29 is 4.79 Å². The van der Waals surface area contributed by atoms with Gasteiger partial charge in [0.15, 0.2) is 5.82 Å². The van der Waals surface area contributed by atoms with Gasteiger partial charge in [-0.1, -0.05) is 18.2 Å². The monoisotopic (exact) mass is 397 g/mol. The lowest BCUT2D eigenvalue weighted by Gasteiger charge is -2.45. The van der Waals surface area contributed by atoms with Crippen LogP contribution < -0.4 is 15.1 Å². The van der Waals surface area contributed by atoms with Crippen LogP contribution in [0.3, 0.4) is 0 Å². The van der Waals surface area contributed by atoms with Crippen LogP contribution in [0.2, 0.25) is 0 Å². The van der Waals surface area contributed by atoms with Crippen LogP contribution in [-0.4, -0.2) is 40.1 Å². The van der Waals surface area contributed by atoms with E-state index in [1.165, 1.54) is 6.33 Å². The Bertz CT molecular complexity index is 1140. The molecule has 1 atom stereocenters. The number of hydrogen-bond donors (Lipinski definition) is 1. The highest BCUT2D eigenvalue weighted by Gasteiger charge is 2.38. The molecule has 148 valence electrons. The van der Waals surface area contributed by atoms with Crippen molar-refractivity contribution in [2.24, 2.45) is 0 Å². The number of amides is 2. The first kappa shape index (κ1) is 18.1. The zero-order valence-corrected chi connectivity index (χ0v) is 16.2. The second-order valence-electron chi connectivity index (χ2n) is 7.33. The molecule has 0 radical (unpaired) electrons. The fourth-order valence-corrected chi connectivity index (χ4v) is 4.17. The third-order valence-electron chi connectivity index (χ3n) is 5.54. The van der Waals surface area contributed by atoms with Crippen molar-refractivity contribution in [1.82, 2.24) is 15.0 Å². The summed E-state index contributed by atoms with van der Waals surface area (Å²) in [6, 6.07) is 14.9. The number of nitrogens with zero attached hydrogens (tertiary/aromatic N) is 6. The Hall–Kier alpha value is -3.99. The molecule has 1 aromatic carbocycles. The molecule has 0 unspecified atom stereocenters. The van der Waals surface area contributed by atoms with E-state index in [2.05, 4.69) is 26.3 Å². The van der Waals surface area contributed by atoms with Crippen molar-refractivity contribution in [3.05, 3.63) is 60.6 Å². The molecule has 2 aliphatic heterocycles. The number of hydrogen-bond acceptors (Lipinski definition) is 6. The zero-order valence-electron chi connectivity index (χ0n) is 16.2. The quantitative estimate of drug-likeness (QED) is 0.711. The maximum atomic E-state index is 13.2. The van der Waals surface area contributed by atoms with Gasteiger partial charge >= 0.3 is 6.03 Å². The van der Waals surface area contributed by atoms with E-state index in [-0.39, 0.29) is 12.1 Å². The summed E-state index contributed by atoms with van der Waals surface area (Å²) in [4.78, 5) is 30.1. The van der Waals surface area contributed by atoms with Crippen molar-refractivity contribution in [1.29, 1.82) is 5.26 Å². The van der Waals surface area contributed by atoms with Crippen LogP contribution in [0.5, 0.6) is 0 Å². The molecule has 0 saturated carbocycles. The minimum atomic E-state index is -0.264. The first-order valence-electron chi connectivity index (χ1n) is 9.86. The predicted octanol–water partition coefficient (Wildman–Crippen LogP) is 3.43. The smallest absolute Gasteiger partial charge is 0.329 e. The summed E-state index contributed by atoms with van der Waals surface area (Å²) in [6.45, 7) is 1.72. The van der Waals surface area contributed by atoms with Gasteiger partial charge in [-0.05, 0) is 37.1 Å². The van der Waals surface area contributed by atoms with Crippen LogP contribution in [-0.2, 0) is 0 Å². The molecule has 2 amide bonds. The highest BCUT2D eigenvalue weighted by Crippen LogP contribution is 2.39. The van der Waals surface area contributed by atoms with E-state index in [4.69, 9.17) is 4.98 Å². The summed E-state index contributed by atoms with van der Waals surface area (Å²) in [5.41, 5.74) is 2.91. The van der Waals surface area contributed by atoms with Crippen molar-refractivity contribution in [3.8, 4) is 17.3 Å². The normalized spacial score (nSPS) is 17.1. The largest absolute Gasteiger partial charge is 0.366 e. The van der Waals surface area contributed by atoms with E-state index < -0.39 is 0 Å². The predicted molar refractivity (Wildman–Crippen MR) is 113 cm³/mol. The summed E-state index contributed by atoms with van der Waals surface area (Å²) >= 11 is 0. The second kappa shape index (κ2) is 7.44. The third-order valence-corrected chi connectivity index (χ3v) is 5.54. The molecule has 0 aliphatic carbocycles. The molecule has 1 saturated heterocycles. The number of anilines is 3. The maximum Gasteiger partial charge on any atom is 0.329 e. The van der Waals surface area contributed by atoms with Gasteiger partial charge in [-0.3, -0.25) is 10.2 Å². The van der Waals surface area contributed by atoms with Gasteiger partial charge in [0.2, 0.25) is 0 Å². The summed E-state index contributed by atoms with van der Waals surface area (Å²) in [5, 5.41) is 12.3. The summed E-state index contributed by atoms with van der Waals surface area (Å²) < 4.78 is 0. The van der Waals surface area contributed by atoms with Crippen molar-refractivity contribution in [2.45, 2.75) is 18.9 Å². The highest BCUT2D eigenvalue weighted by molar-refractivity contribution is 6.04. The van der Waals surface area contributed by atoms with E-state index in [9.17, 15) is 10.1 Å². The molecule has 8 heteroatoms. The number of aromatic nitrogens is 3. The van der Waals surface area contributed by atoms with E-state index >= 15 is 0 Å². The number of rotatable bonds is 2. The SMILES string of the molecule is N#Cc1ccccc1-c1ccc2c(n1)N(C(=O)Nc1ccncn1)[C@H]1CCCN2C1. The number of nitrogens with one attached hydrogen (secondary N) is 1. The number of carbonyl (C=O) groups excluding carboxylic acids is 1. The molecular formula is C22H19N7O. The lowest BCUT2D eigenvalue weighted by molar-refractivity contribution is 0.252.